The van der Waals surface area contributed by atoms with Crippen molar-refractivity contribution < 1.29 is 28.6 Å². The Kier molecular flexibility index (Phi) is 10.2. The van der Waals surface area contributed by atoms with Crippen LogP contribution >= 0.6 is 0 Å². The number of ether oxygens (including phenoxy) is 3. The highest BCUT2D eigenvalue weighted by molar-refractivity contribution is 6.11. The molecule has 2 amide bonds. The van der Waals surface area contributed by atoms with Gasteiger partial charge in [-0.3, -0.25) is 14.4 Å². The highest BCUT2D eigenvalue weighted by Gasteiger charge is 2.41. The standard InChI is InChI=1S/C33H36N2O6/c1-4-5-6-9-18-41-27-15-11-13-25(20-27)22-34-29-17-8-7-16-28(29)32(37)35(30(33(34)38)21-31(36)40-3)23-24-12-10-14-26(19-24)39-2/h4,7-8,10-17,19-20,30H,1,5-6,9,18,21-23H2,2-3H3/t30-/m0/s1. The van der Waals surface area contributed by atoms with Crippen molar-refractivity contribution in [2.24, 2.45) is 0 Å². The number of amides is 2. The Hall–Kier alpha value is -4.59. The number of carbonyl (C=O) groups is 3. The molecular formula is C33H36N2O6. The number of anilines is 1. The van der Waals surface area contributed by atoms with Crippen LogP contribution in [0, 0.1) is 0 Å². The molecule has 1 heterocycles. The van der Waals surface area contributed by atoms with Gasteiger partial charge in [-0.1, -0.05) is 42.5 Å². The third kappa shape index (κ3) is 7.33. The number of hydrogen-bond acceptors (Lipinski definition) is 6. The van der Waals surface area contributed by atoms with E-state index in [0.29, 0.717) is 29.4 Å². The molecule has 41 heavy (non-hydrogen) atoms. The fraction of sp³-hybridized carbons (Fsp3) is 0.303. The van der Waals surface area contributed by atoms with Gasteiger partial charge in [-0.15, -0.1) is 6.58 Å². The van der Waals surface area contributed by atoms with Gasteiger partial charge < -0.3 is 24.0 Å². The van der Waals surface area contributed by atoms with Crippen LogP contribution in [0.5, 0.6) is 11.5 Å². The number of unbranched alkanes of at least 4 members (excludes halogenated alkanes) is 2. The molecular weight excluding hydrogens is 520 g/mol. The summed E-state index contributed by atoms with van der Waals surface area (Å²) in [5, 5.41) is 0. The number of hydrogen-bond donors (Lipinski definition) is 0. The van der Waals surface area contributed by atoms with Gasteiger partial charge in [-0.05, 0) is 66.8 Å². The van der Waals surface area contributed by atoms with Crippen LogP contribution in [-0.4, -0.2) is 49.6 Å². The summed E-state index contributed by atoms with van der Waals surface area (Å²) in [5.74, 6) is 0.0469. The second-order valence-electron chi connectivity index (χ2n) is 9.80. The average Bonchev–Trinajstić information content (AvgIpc) is 3.07. The highest BCUT2D eigenvalue weighted by Crippen LogP contribution is 2.32. The molecule has 1 aliphatic rings. The predicted molar refractivity (Wildman–Crippen MR) is 157 cm³/mol. The van der Waals surface area contributed by atoms with E-state index < -0.39 is 12.0 Å². The highest BCUT2D eigenvalue weighted by atomic mass is 16.5. The smallest absolute Gasteiger partial charge is 0.308 e. The van der Waals surface area contributed by atoms with Gasteiger partial charge in [-0.25, -0.2) is 0 Å². The molecule has 0 spiro atoms. The van der Waals surface area contributed by atoms with Gasteiger partial charge in [0.1, 0.15) is 17.5 Å². The Morgan fingerprint density at radius 2 is 1.61 bits per heavy atom. The molecule has 0 fully saturated rings. The van der Waals surface area contributed by atoms with E-state index in [-0.39, 0.29) is 31.3 Å². The van der Waals surface area contributed by atoms with Crippen molar-refractivity contribution in [2.45, 2.75) is 44.8 Å². The largest absolute Gasteiger partial charge is 0.497 e. The SMILES string of the molecule is C=CCCCCOc1cccc(CN2C(=O)[C@H](CC(=O)OC)N(Cc3cccc(OC)c3)C(=O)c3ccccc32)c1. The molecule has 214 valence electrons. The first kappa shape index (κ1) is 29.4. The number of methoxy groups -OCH3 is 2. The molecule has 0 unspecified atom stereocenters. The van der Waals surface area contributed by atoms with E-state index in [0.717, 1.165) is 30.4 Å². The van der Waals surface area contributed by atoms with Crippen molar-refractivity contribution >= 4 is 23.5 Å². The summed E-state index contributed by atoms with van der Waals surface area (Å²) in [7, 11) is 2.84. The number of allylic oxidation sites excluding steroid dienone is 1. The number of rotatable bonds is 13. The zero-order valence-corrected chi connectivity index (χ0v) is 23.6. The van der Waals surface area contributed by atoms with E-state index in [9.17, 15) is 14.4 Å². The Bertz CT molecular complexity index is 1390. The van der Waals surface area contributed by atoms with Crippen LogP contribution in [0.1, 0.15) is 47.2 Å². The van der Waals surface area contributed by atoms with Gasteiger partial charge in [0.2, 0.25) is 0 Å². The van der Waals surface area contributed by atoms with Crippen LogP contribution in [0.15, 0.2) is 85.5 Å². The molecule has 1 aliphatic heterocycles. The second-order valence-corrected chi connectivity index (χ2v) is 9.80. The van der Waals surface area contributed by atoms with Crippen LogP contribution in [0.25, 0.3) is 0 Å². The molecule has 0 saturated heterocycles. The predicted octanol–water partition coefficient (Wildman–Crippen LogP) is 5.55. The molecule has 3 aromatic rings. The third-order valence-corrected chi connectivity index (χ3v) is 7.00. The normalized spacial score (nSPS) is 14.7. The Labute approximate surface area is 241 Å². The number of benzene rings is 3. The summed E-state index contributed by atoms with van der Waals surface area (Å²) >= 11 is 0. The molecule has 8 heteroatoms. The zero-order chi connectivity index (χ0) is 29.2. The fourth-order valence-electron chi connectivity index (χ4n) is 4.87. The average molecular weight is 557 g/mol. The Morgan fingerprint density at radius 1 is 0.902 bits per heavy atom. The van der Waals surface area contributed by atoms with Crippen LogP contribution in [0.3, 0.4) is 0 Å². The number of para-hydroxylation sites is 1. The van der Waals surface area contributed by atoms with Crippen LogP contribution < -0.4 is 14.4 Å². The molecule has 3 aromatic carbocycles. The monoisotopic (exact) mass is 556 g/mol. The van der Waals surface area contributed by atoms with E-state index in [2.05, 4.69) is 6.58 Å². The summed E-state index contributed by atoms with van der Waals surface area (Å²) < 4.78 is 16.2. The van der Waals surface area contributed by atoms with Gasteiger partial charge in [-0.2, -0.15) is 0 Å². The van der Waals surface area contributed by atoms with Crippen LogP contribution in [0.4, 0.5) is 5.69 Å². The van der Waals surface area contributed by atoms with Gasteiger partial charge in [0, 0.05) is 6.54 Å². The van der Waals surface area contributed by atoms with Gasteiger partial charge in [0.05, 0.1) is 45.0 Å². The van der Waals surface area contributed by atoms with E-state index in [1.54, 1.807) is 42.3 Å². The zero-order valence-electron chi connectivity index (χ0n) is 23.6. The lowest BCUT2D eigenvalue weighted by Gasteiger charge is -2.30. The topological polar surface area (TPSA) is 85.4 Å². The molecule has 0 aliphatic carbocycles. The first-order valence-electron chi connectivity index (χ1n) is 13.7. The van der Waals surface area contributed by atoms with Gasteiger partial charge in [0.15, 0.2) is 0 Å². The summed E-state index contributed by atoms with van der Waals surface area (Å²) in [6.07, 6.45) is 4.48. The van der Waals surface area contributed by atoms with Gasteiger partial charge in [0.25, 0.3) is 11.8 Å². The minimum Gasteiger partial charge on any atom is -0.497 e. The van der Waals surface area contributed by atoms with Gasteiger partial charge >= 0.3 is 5.97 Å². The Balaban J connectivity index is 1.67. The van der Waals surface area contributed by atoms with E-state index in [4.69, 9.17) is 14.2 Å². The first-order valence-corrected chi connectivity index (χ1v) is 13.7. The molecule has 0 radical (unpaired) electrons. The maximum Gasteiger partial charge on any atom is 0.308 e. The summed E-state index contributed by atoms with van der Waals surface area (Å²) in [5.41, 5.74) is 2.47. The van der Waals surface area contributed by atoms with Crippen LogP contribution in [-0.2, 0) is 27.4 Å². The molecule has 0 aromatic heterocycles. The van der Waals surface area contributed by atoms with E-state index in [1.807, 2.05) is 48.5 Å². The van der Waals surface area contributed by atoms with Crippen molar-refractivity contribution in [2.75, 3.05) is 25.7 Å². The summed E-state index contributed by atoms with van der Waals surface area (Å²) in [4.78, 5) is 43.8. The van der Waals surface area contributed by atoms with Crippen molar-refractivity contribution in [1.82, 2.24) is 4.90 Å². The lowest BCUT2D eigenvalue weighted by Crippen LogP contribution is -2.49. The summed E-state index contributed by atoms with van der Waals surface area (Å²) in [6.45, 7) is 4.64. The number of fused-ring (bicyclic) bond motifs is 1. The second kappa shape index (κ2) is 14.2. The maximum absolute atomic E-state index is 14.3. The minimum absolute atomic E-state index is 0.112. The number of carbonyl (C=O) groups excluding carboxylic acids is 3. The van der Waals surface area contributed by atoms with Crippen molar-refractivity contribution in [3.8, 4) is 11.5 Å². The quantitative estimate of drug-likeness (QED) is 0.156. The molecule has 0 saturated carbocycles. The van der Waals surface area contributed by atoms with Crippen LogP contribution in [0.2, 0.25) is 0 Å². The molecule has 0 bridgehead atoms. The van der Waals surface area contributed by atoms with E-state index in [1.165, 1.54) is 12.0 Å². The molecule has 1 atom stereocenters. The van der Waals surface area contributed by atoms with E-state index >= 15 is 0 Å². The van der Waals surface area contributed by atoms with Crippen molar-refractivity contribution in [1.29, 1.82) is 0 Å². The Morgan fingerprint density at radius 3 is 2.34 bits per heavy atom. The molecule has 4 rings (SSSR count). The minimum atomic E-state index is -1.07. The van der Waals surface area contributed by atoms with Crippen molar-refractivity contribution in [3.05, 3.63) is 102 Å². The molecule has 8 nitrogen and oxygen atoms in total. The number of nitrogens with zero attached hydrogens (tertiary/aromatic N) is 2. The first-order chi connectivity index (χ1) is 19.9. The maximum atomic E-state index is 14.3. The lowest BCUT2D eigenvalue weighted by molar-refractivity contribution is -0.144. The molecule has 0 N–H and O–H groups in total. The summed E-state index contributed by atoms with van der Waals surface area (Å²) in [6, 6.07) is 20.8. The lowest BCUT2D eigenvalue weighted by atomic mass is 10.1. The third-order valence-electron chi connectivity index (χ3n) is 7.00. The fourth-order valence-corrected chi connectivity index (χ4v) is 4.87. The number of esters is 1. The van der Waals surface area contributed by atoms with Crippen molar-refractivity contribution in [3.63, 3.8) is 0 Å².